The molecule has 2 saturated carbocycles. The second-order valence-corrected chi connectivity index (χ2v) is 10.1. The molecule has 6 nitrogen and oxygen atoms in total. The monoisotopic (exact) mass is 459 g/mol. The highest BCUT2D eigenvalue weighted by molar-refractivity contribution is 5.84. The first-order valence-corrected chi connectivity index (χ1v) is 12.8. The molecule has 0 aliphatic heterocycles. The Bertz CT molecular complexity index is 735. The van der Waals surface area contributed by atoms with Crippen molar-refractivity contribution in [2.75, 3.05) is 13.2 Å². The smallest absolute Gasteiger partial charge is 0.220 e. The molecule has 1 aromatic carbocycles. The molecule has 3 rings (SSSR count). The lowest BCUT2D eigenvalue weighted by Gasteiger charge is -2.29. The number of unbranched alkanes of at least 4 members (excludes halogenated alkanes) is 3. The predicted octanol–water partition coefficient (Wildman–Crippen LogP) is 3.89. The highest BCUT2D eigenvalue weighted by atomic mass is 16.5. The average Bonchev–Trinajstić information content (AvgIpc) is 3.58. The second-order valence-electron chi connectivity index (χ2n) is 10.1. The molecule has 2 aliphatic rings. The average molecular weight is 460 g/mol. The molecular formula is C27H41NO5. The molecule has 184 valence electrons. The van der Waals surface area contributed by atoms with Crippen LogP contribution in [0.25, 0.3) is 0 Å². The Morgan fingerprint density at radius 2 is 1.88 bits per heavy atom. The number of rotatable bonds is 15. The molecule has 0 bridgehead atoms. The van der Waals surface area contributed by atoms with Gasteiger partial charge in [0.2, 0.25) is 5.91 Å². The molecule has 3 N–H and O–H groups in total. The number of hydrogen-bond donors (Lipinski definition) is 3. The topological polar surface area (TPSA) is 95.9 Å². The minimum atomic E-state index is -0.644. The van der Waals surface area contributed by atoms with Gasteiger partial charge in [-0.3, -0.25) is 9.59 Å². The Labute approximate surface area is 198 Å². The van der Waals surface area contributed by atoms with Crippen LogP contribution in [0.3, 0.4) is 0 Å². The highest BCUT2D eigenvalue weighted by Gasteiger charge is 2.43. The highest BCUT2D eigenvalue weighted by Crippen LogP contribution is 2.39. The number of nitrogens with one attached hydrogen (secondary N) is 1. The van der Waals surface area contributed by atoms with Gasteiger partial charge in [0.1, 0.15) is 18.1 Å². The first-order valence-electron chi connectivity index (χ1n) is 12.8. The van der Waals surface area contributed by atoms with Crippen LogP contribution >= 0.6 is 0 Å². The van der Waals surface area contributed by atoms with Gasteiger partial charge in [-0.2, -0.15) is 0 Å². The van der Waals surface area contributed by atoms with Crippen molar-refractivity contribution in [3.05, 3.63) is 30.3 Å². The fourth-order valence-corrected chi connectivity index (χ4v) is 5.14. The SMILES string of the molecule is CC(CC(O)COc1ccccc1)C1C(O)CC(=O)C1CCCCCCC(=O)NCC1CC1. The summed E-state index contributed by atoms with van der Waals surface area (Å²) in [5.74, 6) is 1.50. The maximum atomic E-state index is 12.5. The molecule has 5 unspecified atom stereocenters. The van der Waals surface area contributed by atoms with Crippen molar-refractivity contribution < 1.29 is 24.5 Å². The van der Waals surface area contributed by atoms with Crippen molar-refractivity contribution in [1.29, 1.82) is 0 Å². The van der Waals surface area contributed by atoms with E-state index in [0.717, 1.165) is 44.4 Å². The summed E-state index contributed by atoms with van der Waals surface area (Å²) >= 11 is 0. The van der Waals surface area contributed by atoms with Crippen LogP contribution in [0.15, 0.2) is 30.3 Å². The van der Waals surface area contributed by atoms with Gasteiger partial charge in [-0.1, -0.05) is 44.4 Å². The summed E-state index contributed by atoms with van der Waals surface area (Å²) in [4.78, 5) is 24.4. The van der Waals surface area contributed by atoms with Crippen LogP contribution in [0.2, 0.25) is 0 Å². The van der Waals surface area contributed by atoms with Gasteiger partial charge in [0.25, 0.3) is 0 Å². The summed E-state index contributed by atoms with van der Waals surface area (Å²) in [5.41, 5.74) is 0. The van der Waals surface area contributed by atoms with E-state index in [2.05, 4.69) is 5.32 Å². The zero-order valence-corrected chi connectivity index (χ0v) is 20.0. The summed E-state index contributed by atoms with van der Waals surface area (Å²) in [6.07, 6.45) is 7.06. The lowest BCUT2D eigenvalue weighted by atomic mass is 9.78. The molecule has 0 saturated heterocycles. The number of hydrogen-bond acceptors (Lipinski definition) is 5. The molecule has 33 heavy (non-hydrogen) atoms. The number of aliphatic hydroxyl groups excluding tert-OH is 2. The Balaban J connectivity index is 1.34. The van der Waals surface area contributed by atoms with Gasteiger partial charge < -0.3 is 20.3 Å². The Hall–Kier alpha value is -1.92. The lowest BCUT2D eigenvalue weighted by molar-refractivity contribution is -0.122. The second kappa shape index (κ2) is 13.1. The van der Waals surface area contributed by atoms with Crippen LogP contribution < -0.4 is 10.1 Å². The van der Waals surface area contributed by atoms with Crippen LogP contribution in [-0.2, 0) is 9.59 Å². The van der Waals surface area contributed by atoms with E-state index in [-0.39, 0.29) is 42.5 Å². The summed E-state index contributed by atoms with van der Waals surface area (Å²) in [6, 6.07) is 9.40. The van der Waals surface area contributed by atoms with Crippen molar-refractivity contribution in [3.63, 3.8) is 0 Å². The molecule has 0 radical (unpaired) electrons. The fraction of sp³-hybridized carbons (Fsp3) is 0.704. The van der Waals surface area contributed by atoms with Crippen LogP contribution in [-0.4, -0.2) is 47.3 Å². The van der Waals surface area contributed by atoms with Crippen LogP contribution in [0.1, 0.15) is 71.1 Å². The molecule has 1 amide bonds. The number of ether oxygens (including phenoxy) is 1. The largest absolute Gasteiger partial charge is 0.491 e. The normalized spacial score (nSPS) is 24.5. The van der Waals surface area contributed by atoms with E-state index >= 15 is 0 Å². The van der Waals surface area contributed by atoms with E-state index < -0.39 is 12.2 Å². The lowest BCUT2D eigenvalue weighted by Crippen LogP contribution is -2.31. The summed E-state index contributed by atoms with van der Waals surface area (Å²) in [5, 5.41) is 24.0. The Morgan fingerprint density at radius 3 is 2.61 bits per heavy atom. The number of ketones is 1. The van der Waals surface area contributed by atoms with E-state index in [9.17, 15) is 19.8 Å². The Morgan fingerprint density at radius 1 is 1.15 bits per heavy atom. The number of aliphatic hydroxyl groups is 2. The van der Waals surface area contributed by atoms with Crippen molar-refractivity contribution >= 4 is 11.7 Å². The van der Waals surface area contributed by atoms with Crippen molar-refractivity contribution in [2.24, 2.45) is 23.7 Å². The third kappa shape index (κ3) is 8.74. The van der Waals surface area contributed by atoms with Crippen LogP contribution in [0, 0.1) is 23.7 Å². The maximum absolute atomic E-state index is 12.5. The van der Waals surface area contributed by atoms with Gasteiger partial charge in [0, 0.05) is 25.3 Å². The van der Waals surface area contributed by atoms with Gasteiger partial charge in [0.15, 0.2) is 0 Å². The molecule has 2 aliphatic carbocycles. The van der Waals surface area contributed by atoms with Gasteiger partial charge >= 0.3 is 0 Å². The summed E-state index contributed by atoms with van der Waals surface area (Å²) in [7, 11) is 0. The first kappa shape index (κ1) is 25.7. The third-order valence-electron chi connectivity index (χ3n) is 7.17. The zero-order valence-electron chi connectivity index (χ0n) is 20.0. The molecule has 6 heteroatoms. The fourth-order valence-electron chi connectivity index (χ4n) is 5.14. The predicted molar refractivity (Wildman–Crippen MR) is 128 cm³/mol. The number of carbonyl (C=O) groups is 2. The zero-order chi connectivity index (χ0) is 23.6. The van der Waals surface area contributed by atoms with E-state index in [1.165, 1.54) is 12.8 Å². The molecule has 0 heterocycles. The number of Topliss-reactive ketones (excluding diaryl/α,β-unsaturated/α-hetero) is 1. The first-order chi connectivity index (χ1) is 15.9. The number of benzene rings is 1. The minimum Gasteiger partial charge on any atom is -0.491 e. The number of carbonyl (C=O) groups excluding carboxylic acids is 2. The molecule has 5 atom stereocenters. The standard InChI is InChI=1S/C27H41NO5/c1-19(15-21(29)18-33-22-9-5-4-6-10-22)27-23(24(30)16-25(27)31)11-7-2-3-8-12-26(32)28-17-20-13-14-20/h4-6,9-10,19-21,23,25,27,29,31H,2-3,7-8,11-18H2,1H3,(H,28,32). The van der Waals surface area contributed by atoms with Gasteiger partial charge in [-0.15, -0.1) is 0 Å². The third-order valence-corrected chi connectivity index (χ3v) is 7.17. The van der Waals surface area contributed by atoms with E-state index in [0.29, 0.717) is 18.8 Å². The van der Waals surface area contributed by atoms with E-state index in [1.54, 1.807) is 0 Å². The maximum Gasteiger partial charge on any atom is 0.220 e. The molecule has 2 fully saturated rings. The van der Waals surface area contributed by atoms with E-state index in [1.807, 2.05) is 37.3 Å². The molecule has 1 aromatic rings. The number of amides is 1. The van der Waals surface area contributed by atoms with Crippen molar-refractivity contribution in [1.82, 2.24) is 5.32 Å². The van der Waals surface area contributed by atoms with Gasteiger partial charge in [-0.25, -0.2) is 0 Å². The van der Waals surface area contributed by atoms with Crippen molar-refractivity contribution in [3.8, 4) is 5.75 Å². The van der Waals surface area contributed by atoms with Gasteiger partial charge in [0.05, 0.1) is 12.2 Å². The summed E-state index contributed by atoms with van der Waals surface area (Å²) in [6.45, 7) is 3.05. The number of para-hydroxylation sites is 1. The molecule has 0 aromatic heterocycles. The Kier molecular flexibility index (Phi) is 10.2. The van der Waals surface area contributed by atoms with Crippen LogP contribution in [0.5, 0.6) is 5.75 Å². The molecular weight excluding hydrogens is 418 g/mol. The van der Waals surface area contributed by atoms with Crippen LogP contribution in [0.4, 0.5) is 0 Å². The van der Waals surface area contributed by atoms with E-state index in [4.69, 9.17) is 4.74 Å². The van der Waals surface area contributed by atoms with Crippen molar-refractivity contribution in [2.45, 2.75) is 83.3 Å². The summed E-state index contributed by atoms with van der Waals surface area (Å²) < 4.78 is 5.65. The molecule has 0 spiro atoms. The quantitative estimate of drug-likeness (QED) is 0.346. The van der Waals surface area contributed by atoms with Gasteiger partial charge in [-0.05, 0) is 62.0 Å². The minimum absolute atomic E-state index is 0.0287.